The maximum Gasteiger partial charge on any atom is 0.337 e. The van der Waals surface area contributed by atoms with Crippen molar-refractivity contribution in [2.45, 2.75) is 19.4 Å². The highest BCUT2D eigenvalue weighted by Gasteiger charge is 2.39. The van der Waals surface area contributed by atoms with Gasteiger partial charge in [0.25, 0.3) is 0 Å². The van der Waals surface area contributed by atoms with Crippen molar-refractivity contribution in [3.05, 3.63) is 73.3 Å². The van der Waals surface area contributed by atoms with E-state index in [0.29, 0.717) is 6.61 Å². The molecule has 2 rings (SSSR count). The Morgan fingerprint density at radius 3 is 2.04 bits per heavy atom. The van der Waals surface area contributed by atoms with E-state index >= 15 is 0 Å². The van der Waals surface area contributed by atoms with E-state index in [1.54, 1.807) is 7.11 Å². The molecule has 3 heteroatoms. The molecule has 0 spiro atoms. The van der Waals surface area contributed by atoms with Gasteiger partial charge in [-0.2, -0.15) is 0 Å². The van der Waals surface area contributed by atoms with E-state index in [1.807, 2.05) is 42.5 Å². The van der Waals surface area contributed by atoms with E-state index < -0.39 is 8.32 Å². The summed E-state index contributed by atoms with van der Waals surface area (Å²) in [7, 11) is -1.02. The highest BCUT2D eigenvalue weighted by molar-refractivity contribution is 7.03. The van der Waals surface area contributed by atoms with Crippen molar-refractivity contribution in [2.24, 2.45) is 0 Å². The Hall–Kier alpha value is -2.12. The standard InChI is InChI=1S/C21H24O2Si/c1-4-12-19(2)23-24(18-11-17-22-3,20-13-7-5-8-14-20)21-15-9-6-10-16-21/h4-10,13-16,19H,1,12,17H2,2-3H3. The maximum atomic E-state index is 6.64. The van der Waals surface area contributed by atoms with Crippen LogP contribution in [0.1, 0.15) is 13.3 Å². The first-order chi connectivity index (χ1) is 11.7. The van der Waals surface area contributed by atoms with E-state index in [1.165, 1.54) is 0 Å². The Balaban J connectivity index is 2.59. The smallest absolute Gasteiger partial charge is 0.337 e. The van der Waals surface area contributed by atoms with Gasteiger partial charge in [-0.05, 0) is 23.7 Å². The van der Waals surface area contributed by atoms with E-state index in [0.717, 1.165) is 16.8 Å². The molecule has 1 unspecified atom stereocenters. The second-order valence-corrected chi connectivity index (χ2v) is 8.60. The molecular weight excluding hydrogens is 312 g/mol. The largest absolute Gasteiger partial charge is 0.396 e. The summed E-state index contributed by atoms with van der Waals surface area (Å²) < 4.78 is 11.8. The molecule has 2 aromatic carbocycles. The summed E-state index contributed by atoms with van der Waals surface area (Å²) in [4.78, 5) is 0. The van der Waals surface area contributed by atoms with Crippen LogP contribution in [0.15, 0.2) is 73.3 Å². The first-order valence-electron chi connectivity index (χ1n) is 8.11. The lowest BCUT2D eigenvalue weighted by Gasteiger charge is -2.30. The molecule has 0 amide bonds. The minimum absolute atomic E-state index is 0.0476. The molecule has 0 radical (unpaired) electrons. The summed E-state index contributed by atoms with van der Waals surface area (Å²) in [5, 5.41) is 2.30. The van der Waals surface area contributed by atoms with Crippen LogP contribution in [0.25, 0.3) is 0 Å². The fraction of sp³-hybridized carbons (Fsp3) is 0.238. The molecule has 0 fully saturated rings. The van der Waals surface area contributed by atoms with Crippen molar-refractivity contribution in [3.63, 3.8) is 0 Å². The lowest BCUT2D eigenvalue weighted by molar-refractivity contribution is 0.227. The monoisotopic (exact) mass is 336 g/mol. The molecule has 0 aliphatic heterocycles. The molecule has 1 atom stereocenters. The number of benzene rings is 2. The van der Waals surface area contributed by atoms with Crippen molar-refractivity contribution in [2.75, 3.05) is 13.7 Å². The summed E-state index contributed by atoms with van der Waals surface area (Å²) in [5.41, 5.74) is 3.46. The van der Waals surface area contributed by atoms with Gasteiger partial charge in [0.15, 0.2) is 0 Å². The minimum Gasteiger partial charge on any atom is -0.396 e. The van der Waals surface area contributed by atoms with E-state index in [2.05, 4.69) is 49.2 Å². The Bertz CT molecular complexity index is 647. The van der Waals surface area contributed by atoms with Gasteiger partial charge in [-0.15, -0.1) is 6.58 Å². The van der Waals surface area contributed by atoms with Crippen LogP contribution in [0.5, 0.6) is 0 Å². The first-order valence-corrected chi connectivity index (χ1v) is 10.0. The van der Waals surface area contributed by atoms with E-state index in [9.17, 15) is 0 Å². The molecule has 0 aliphatic carbocycles. The number of hydrogen-bond acceptors (Lipinski definition) is 2. The Morgan fingerprint density at radius 2 is 1.58 bits per heavy atom. The van der Waals surface area contributed by atoms with Crippen molar-refractivity contribution < 1.29 is 9.16 Å². The summed E-state index contributed by atoms with van der Waals surface area (Å²) in [6.07, 6.45) is 2.73. The SMILES string of the molecule is C=CCC(C)O[Si](C#CCOC)(c1ccccc1)c1ccccc1. The highest BCUT2D eigenvalue weighted by Crippen LogP contribution is 2.12. The van der Waals surface area contributed by atoms with E-state index in [4.69, 9.17) is 9.16 Å². The quantitative estimate of drug-likeness (QED) is 0.440. The average molecular weight is 337 g/mol. The summed E-state index contributed by atoms with van der Waals surface area (Å²) in [6, 6.07) is 20.6. The molecule has 124 valence electrons. The number of ether oxygens (including phenoxy) is 1. The Morgan fingerprint density at radius 1 is 1.04 bits per heavy atom. The van der Waals surface area contributed by atoms with Gasteiger partial charge in [0.1, 0.15) is 6.61 Å². The summed E-state index contributed by atoms with van der Waals surface area (Å²) in [6.45, 7) is 6.30. The molecule has 0 aromatic heterocycles. The maximum absolute atomic E-state index is 6.64. The zero-order valence-electron chi connectivity index (χ0n) is 14.4. The van der Waals surface area contributed by atoms with Gasteiger partial charge < -0.3 is 9.16 Å². The molecule has 0 aliphatic rings. The molecule has 24 heavy (non-hydrogen) atoms. The predicted molar refractivity (Wildman–Crippen MR) is 103 cm³/mol. The second kappa shape index (κ2) is 9.24. The van der Waals surface area contributed by atoms with Crippen LogP contribution in [0.4, 0.5) is 0 Å². The molecule has 0 bridgehead atoms. The van der Waals surface area contributed by atoms with Crippen molar-refractivity contribution >= 4 is 18.7 Å². The fourth-order valence-corrected chi connectivity index (χ4v) is 5.94. The van der Waals surface area contributed by atoms with Gasteiger partial charge in [0.2, 0.25) is 0 Å². The molecular formula is C21H24O2Si. The third-order valence-electron chi connectivity index (χ3n) is 3.72. The Kier molecular flexibility index (Phi) is 7.01. The number of hydrogen-bond donors (Lipinski definition) is 0. The van der Waals surface area contributed by atoms with Crippen LogP contribution in [0.2, 0.25) is 0 Å². The molecule has 2 aromatic rings. The first kappa shape index (κ1) is 18.2. The Labute approximate surface area is 146 Å². The zero-order chi connectivity index (χ0) is 17.3. The zero-order valence-corrected chi connectivity index (χ0v) is 15.4. The third kappa shape index (κ3) is 4.45. The van der Waals surface area contributed by atoms with Gasteiger partial charge in [-0.25, -0.2) is 0 Å². The van der Waals surface area contributed by atoms with Gasteiger partial charge >= 0.3 is 8.32 Å². The predicted octanol–water partition coefficient (Wildman–Crippen LogP) is 2.92. The second-order valence-electron chi connectivity index (χ2n) is 5.60. The van der Waals surface area contributed by atoms with Gasteiger partial charge in [-0.3, -0.25) is 0 Å². The molecule has 0 heterocycles. The van der Waals surface area contributed by atoms with Crippen molar-refractivity contribution in [1.82, 2.24) is 0 Å². The topological polar surface area (TPSA) is 18.5 Å². The molecule has 0 N–H and O–H groups in total. The normalized spacial score (nSPS) is 12.1. The lowest BCUT2D eigenvalue weighted by atomic mass is 10.3. The van der Waals surface area contributed by atoms with Gasteiger partial charge in [-0.1, -0.05) is 78.2 Å². The number of methoxy groups -OCH3 is 1. The number of rotatable bonds is 7. The lowest BCUT2D eigenvalue weighted by Crippen LogP contribution is -2.61. The molecule has 2 nitrogen and oxygen atoms in total. The van der Waals surface area contributed by atoms with Crippen LogP contribution < -0.4 is 10.4 Å². The molecule has 0 saturated carbocycles. The molecule has 0 saturated heterocycles. The fourth-order valence-electron chi connectivity index (χ4n) is 2.64. The summed E-state index contributed by atoms with van der Waals surface area (Å²) >= 11 is 0. The van der Waals surface area contributed by atoms with Crippen LogP contribution in [-0.2, 0) is 9.16 Å². The van der Waals surface area contributed by atoms with Crippen molar-refractivity contribution in [3.8, 4) is 11.5 Å². The average Bonchev–Trinajstić information content (AvgIpc) is 2.63. The van der Waals surface area contributed by atoms with Crippen LogP contribution in [0.3, 0.4) is 0 Å². The van der Waals surface area contributed by atoms with E-state index in [-0.39, 0.29) is 6.10 Å². The van der Waals surface area contributed by atoms with Crippen molar-refractivity contribution in [1.29, 1.82) is 0 Å². The van der Waals surface area contributed by atoms with Crippen LogP contribution in [0, 0.1) is 11.5 Å². The minimum atomic E-state index is -2.67. The summed E-state index contributed by atoms with van der Waals surface area (Å²) in [5.74, 6) is 3.16. The van der Waals surface area contributed by atoms with Crippen LogP contribution in [-0.4, -0.2) is 28.1 Å². The van der Waals surface area contributed by atoms with Gasteiger partial charge in [0, 0.05) is 13.2 Å². The van der Waals surface area contributed by atoms with Gasteiger partial charge in [0.05, 0.1) is 0 Å². The highest BCUT2D eigenvalue weighted by atomic mass is 28.4. The van der Waals surface area contributed by atoms with Crippen LogP contribution >= 0.6 is 0 Å². The third-order valence-corrected chi connectivity index (χ3v) is 7.30.